The quantitative estimate of drug-likeness (QED) is 0.792. The number of amides is 2. The number of aromatic nitrogens is 2. The molecule has 7 heteroatoms. The average molecular weight is 410 g/mol. The lowest BCUT2D eigenvalue weighted by molar-refractivity contribution is -0.132. The Kier molecular flexibility index (Phi) is 5.54. The molecule has 1 aromatic heterocycles. The highest BCUT2D eigenvalue weighted by molar-refractivity contribution is 5.78. The van der Waals surface area contributed by atoms with Gasteiger partial charge in [-0.05, 0) is 25.3 Å². The number of carbonyl (C=O) groups is 2. The lowest BCUT2D eigenvalue weighted by atomic mass is 9.76. The van der Waals surface area contributed by atoms with E-state index in [4.69, 9.17) is 5.73 Å². The summed E-state index contributed by atoms with van der Waals surface area (Å²) in [4.78, 5) is 29.4. The Balaban J connectivity index is 1.49. The fraction of sp³-hybridized carbons (Fsp3) is 0.522. The normalized spacial score (nSPS) is 23.1. The molecule has 2 aliphatic rings. The molecular weight excluding hydrogens is 378 g/mol. The van der Waals surface area contributed by atoms with Crippen molar-refractivity contribution in [2.24, 2.45) is 11.3 Å². The number of rotatable bonds is 6. The highest BCUT2D eigenvalue weighted by Gasteiger charge is 2.53. The van der Waals surface area contributed by atoms with Crippen molar-refractivity contribution in [1.29, 1.82) is 0 Å². The van der Waals surface area contributed by atoms with Gasteiger partial charge in [0.05, 0.1) is 5.69 Å². The van der Waals surface area contributed by atoms with Crippen LogP contribution in [0.15, 0.2) is 36.4 Å². The number of benzene rings is 1. The number of hydrogen-bond acceptors (Lipinski definition) is 4. The first-order valence-electron chi connectivity index (χ1n) is 10.8. The average Bonchev–Trinajstić information content (AvgIpc) is 3.36. The third-order valence-electron chi connectivity index (χ3n) is 6.74. The Labute approximate surface area is 177 Å². The Hall–Kier alpha value is -2.83. The number of nitrogens with zero attached hydrogens (tertiary/aromatic N) is 4. The maximum absolute atomic E-state index is 13.0. The summed E-state index contributed by atoms with van der Waals surface area (Å²) < 4.78 is 1.58. The molecule has 2 aliphatic heterocycles. The van der Waals surface area contributed by atoms with Crippen molar-refractivity contribution in [3.63, 3.8) is 0 Å². The Morgan fingerprint density at radius 1 is 1.13 bits per heavy atom. The van der Waals surface area contributed by atoms with Crippen LogP contribution in [-0.2, 0) is 22.6 Å². The van der Waals surface area contributed by atoms with Crippen LogP contribution in [0.5, 0.6) is 0 Å². The van der Waals surface area contributed by atoms with E-state index >= 15 is 0 Å². The first-order valence-corrected chi connectivity index (χ1v) is 10.8. The number of carbonyl (C=O) groups excluding carboxylic acids is 2. The molecule has 1 aromatic carbocycles. The molecule has 2 amide bonds. The summed E-state index contributed by atoms with van der Waals surface area (Å²) in [6.07, 6.45) is 2.46. The van der Waals surface area contributed by atoms with Crippen LogP contribution < -0.4 is 5.73 Å². The molecule has 30 heavy (non-hydrogen) atoms. The molecule has 0 unspecified atom stereocenters. The minimum atomic E-state index is -0.0398. The molecule has 0 saturated carbocycles. The third-order valence-corrected chi connectivity index (χ3v) is 6.74. The van der Waals surface area contributed by atoms with Gasteiger partial charge in [-0.25, -0.2) is 4.68 Å². The second-order valence-corrected chi connectivity index (χ2v) is 8.82. The maximum Gasteiger partial charge on any atom is 0.244 e. The number of aryl methyl sites for hydroxylation is 2. The van der Waals surface area contributed by atoms with Crippen LogP contribution in [0.25, 0.3) is 0 Å². The summed E-state index contributed by atoms with van der Waals surface area (Å²) in [5.41, 5.74) is 8.04. The van der Waals surface area contributed by atoms with Crippen molar-refractivity contribution in [1.82, 2.24) is 19.6 Å². The molecule has 7 nitrogen and oxygen atoms in total. The molecule has 4 rings (SSSR count). The lowest BCUT2D eigenvalue weighted by Gasteiger charge is -2.29. The van der Waals surface area contributed by atoms with Crippen molar-refractivity contribution in [2.75, 3.05) is 31.9 Å². The van der Waals surface area contributed by atoms with E-state index in [1.807, 2.05) is 29.7 Å². The van der Waals surface area contributed by atoms with Gasteiger partial charge in [0.25, 0.3) is 0 Å². The van der Waals surface area contributed by atoms with Gasteiger partial charge in [-0.15, -0.1) is 0 Å². The van der Waals surface area contributed by atoms with E-state index in [2.05, 4.69) is 29.4 Å². The second-order valence-electron chi connectivity index (χ2n) is 8.82. The van der Waals surface area contributed by atoms with Gasteiger partial charge < -0.3 is 15.5 Å². The van der Waals surface area contributed by atoms with Crippen LogP contribution in [-0.4, -0.2) is 57.6 Å². The number of hydrogen-bond donors (Lipinski definition) is 1. The van der Waals surface area contributed by atoms with Crippen LogP contribution in [0.3, 0.4) is 0 Å². The van der Waals surface area contributed by atoms with Crippen LogP contribution in [0.4, 0.5) is 5.82 Å². The van der Waals surface area contributed by atoms with E-state index in [-0.39, 0.29) is 23.8 Å². The lowest BCUT2D eigenvalue weighted by Crippen LogP contribution is -2.40. The zero-order valence-corrected chi connectivity index (χ0v) is 17.9. The molecule has 160 valence electrons. The summed E-state index contributed by atoms with van der Waals surface area (Å²) in [6.45, 7) is 6.82. The molecule has 0 spiro atoms. The highest BCUT2D eigenvalue weighted by Crippen LogP contribution is 2.46. The maximum atomic E-state index is 13.0. The number of fused-ring (bicyclic) bond motifs is 1. The van der Waals surface area contributed by atoms with Gasteiger partial charge in [-0.2, -0.15) is 5.10 Å². The number of nitrogen functional groups attached to an aromatic ring is 1. The van der Waals surface area contributed by atoms with Crippen molar-refractivity contribution >= 4 is 17.6 Å². The molecule has 2 N–H and O–H groups in total. The Morgan fingerprint density at radius 2 is 1.80 bits per heavy atom. The van der Waals surface area contributed by atoms with Gasteiger partial charge in [-0.3, -0.25) is 9.59 Å². The van der Waals surface area contributed by atoms with Crippen molar-refractivity contribution < 1.29 is 9.59 Å². The minimum absolute atomic E-state index is 0.0398. The molecule has 0 bridgehead atoms. The predicted octanol–water partition coefficient (Wildman–Crippen LogP) is 2.10. The first-order chi connectivity index (χ1) is 14.4. The van der Waals surface area contributed by atoms with Gasteiger partial charge >= 0.3 is 0 Å². The minimum Gasteiger partial charge on any atom is -0.384 e. The van der Waals surface area contributed by atoms with Gasteiger partial charge in [-0.1, -0.05) is 37.3 Å². The van der Waals surface area contributed by atoms with Crippen LogP contribution >= 0.6 is 0 Å². The first kappa shape index (κ1) is 20.4. The molecule has 2 atom stereocenters. The summed E-state index contributed by atoms with van der Waals surface area (Å²) in [5.74, 6) is 1.09. The van der Waals surface area contributed by atoms with E-state index in [0.717, 1.165) is 31.6 Å². The topological polar surface area (TPSA) is 84.5 Å². The van der Waals surface area contributed by atoms with Gasteiger partial charge in [0.15, 0.2) is 0 Å². The third kappa shape index (κ3) is 3.93. The van der Waals surface area contributed by atoms with E-state index in [1.165, 1.54) is 5.56 Å². The molecule has 2 fully saturated rings. The van der Waals surface area contributed by atoms with Gasteiger partial charge in [0.1, 0.15) is 12.4 Å². The number of anilines is 1. The fourth-order valence-corrected chi connectivity index (χ4v) is 5.10. The monoisotopic (exact) mass is 409 g/mol. The summed E-state index contributed by atoms with van der Waals surface area (Å²) >= 11 is 0. The standard InChI is InChI=1S/C23H31N5O2/c1-3-21(29)26-12-19-13-27(22(30)14-28-20(24)11-17(2)25-28)16-23(19,15-26)10-9-18-7-5-4-6-8-18/h4-8,11,19H,3,9-10,12-16,24H2,1-2H3/t19-,23+/m1/s1. The van der Waals surface area contributed by atoms with Crippen LogP contribution in [0, 0.1) is 18.3 Å². The van der Waals surface area contributed by atoms with Crippen molar-refractivity contribution in [3.05, 3.63) is 47.7 Å². The smallest absolute Gasteiger partial charge is 0.244 e. The molecule has 0 aliphatic carbocycles. The molecule has 0 radical (unpaired) electrons. The second kappa shape index (κ2) is 8.13. The SMILES string of the molecule is CCC(=O)N1C[C@@H]2CN(C(=O)Cn3nc(C)cc3N)C[C@]2(CCc2ccccc2)C1. The zero-order chi connectivity index (χ0) is 21.3. The number of likely N-dealkylation sites (tertiary alicyclic amines) is 2. The van der Waals surface area contributed by atoms with E-state index in [0.29, 0.717) is 31.2 Å². The Bertz CT molecular complexity index is 925. The molecular formula is C23H31N5O2. The largest absolute Gasteiger partial charge is 0.384 e. The van der Waals surface area contributed by atoms with Gasteiger partial charge in [0, 0.05) is 50.0 Å². The number of nitrogens with two attached hydrogens (primary N) is 1. The Morgan fingerprint density at radius 3 is 2.40 bits per heavy atom. The van der Waals surface area contributed by atoms with E-state index in [1.54, 1.807) is 10.7 Å². The molecule has 3 heterocycles. The van der Waals surface area contributed by atoms with Crippen molar-refractivity contribution in [3.8, 4) is 0 Å². The zero-order valence-electron chi connectivity index (χ0n) is 17.9. The van der Waals surface area contributed by atoms with E-state index < -0.39 is 0 Å². The summed E-state index contributed by atoms with van der Waals surface area (Å²) in [6, 6.07) is 12.2. The summed E-state index contributed by atoms with van der Waals surface area (Å²) in [7, 11) is 0. The van der Waals surface area contributed by atoms with Crippen LogP contribution in [0.1, 0.15) is 31.0 Å². The van der Waals surface area contributed by atoms with E-state index in [9.17, 15) is 9.59 Å². The highest BCUT2D eigenvalue weighted by atomic mass is 16.2. The van der Waals surface area contributed by atoms with Crippen LogP contribution in [0.2, 0.25) is 0 Å². The predicted molar refractivity (Wildman–Crippen MR) is 116 cm³/mol. The van der Waals surface area contributed by atoms with Crippen molar-refractivity contribution in [2.45, 2.75) is 39.7 Å². The fourth-order valence-electron chi connectivity index (χ4n) is 5.10. The summed E-state index contributed by atoms with van der Waals surface area (Å²) in [5, 5.41) is 4.32. The van der Waals surface area contributed by atoms with Gasteiger partial charge in [0.2, 0.25) is 11.8 Å². The molecule has 2 aromatic rings. The molecule has 2 saturated heterocycles.